The van der Waals surface area contributed by atoms with Gasteiger partial charge in [-0.3, -0.25) is 0 Å². The SMILES string of the molecule is CCc1nc(-c2ccc(NC(=O)Nc3ccc(C)cc3C)cc2)no1. The van der Waals surface area contributed by atoms with Crippen LogP contribution in [0, 0.1) is 13.8 Å². The Morgan fingerprint density at radius 2 is 1.84 bits per heavy atom. The summed E-state index contributed by atoms with van der Waals surface area (Å²) in [6, 6.07) is 12.9. The van der Waals surface area contributed by atoms with Crippen molar-refractivity contribution < 1.29 is 9.32 Å². The molecule has 128 valence electrons. The predicted molar refractivity (Wildman–Crippen MR) is 97.7 cm³/mol. The first-order valence-corrected chi connectivity index (χ1v) is 8.13. The number of anilines is 2. The highest BCUT2D eigenvalue weighted by molar-refractivity contribution is 6.00. The van der Waals surface area contributed by atoms with Gasteiger partial charge in [-0.1, -0.05) is 29.8 Å². The molecule has 0 aliphatic carbocycles. The number of rotatable bonds is 4. The lowest BCUT2D eigenvalue weighted by molar-refractivity contribution is 0.262. The Hall–Kier alpha value is -3.15. The van der Waals surface area contributed by atoms with Gasteiger partial charge >= 0.3 is 6.03 Å². The molecule has 0 spiro atoms. The molecule has 6 nitrogen and oxygen atoms in total. The molecule has 1 heterocycles. The number of urea groups is 1. The van der Waals surface area contributed by atoms with Crippen molar-refractivity contribution >= 4 is 17.4 Å². The zero-order valence-corrected chi connectivity index (χ0v) is 14.5. The second kappa shape index (κ2) is 7.17. The number of aromatic nitrogens is 2. The zero-order valence-electron chi connectivity index (χ0n) is 14.5. The molecule has 0 bridgehead atoms. The lowest BCUT2D eigenvalue weighted by Crippen LogP contribution is -2.19. The fourth-order valence-electron chi connectivity index (χ4n) is 2.46. The van der Waals surface area contributed by atoms with Crippen molar-refractivity contribution in [1.29, 1.82) is 0 Å². The van der Waals surface area contributed by atoms with E-state index in [0.29, 0.717) is 23.8 Å². The summed E-state index contributed by atoms with van der Waals surface area (Å²) in [5, 5.41) is 9.60. The first kappa shape index (κ1) is 16.7. The molecule has 25 heavy (non-hydrogen) atoms. The average Bonchev–Trinajstić information content (AvgIpc) is 3.07. The van der Waals surface area contributed by atoms with Gasteiger partial charge in [-0.2, -0.15) is 4.98 Å². The molecule has 0 aliphatic rings. The number of amides is 2. The third-order valence-electron chi connectivity index (χ3n) is 3.80. The van der Waals surface area contributed by atoms with Gasteiger partial charge in [0.15, 0.2) is 0 Å². The second-order valence-electron chi connectivity index (χ2n) is 5.84. The Kier molecular flexibility index (Phi) is 4.79. The van der Waals surface area contributed by atoms with Crippen LogP contribution in [0.1, 0.15) is 23.9 Å². The number of aryl methyl sites for hydroxylation is 3. The van der Waals surface area contributed by atoms with Crippen molar-refractivity contribution in [3.05, 3.63) is 59.5 Å². The smallest absolute Gasteiger partial charge is 0.323 e. The Bertz CT molecular complexity index is 885. The maximum absolute atomic E-state index is 12.2. The van der Waals surface area contributed by atoms with E-state index in [2.05, 4.69) is 20.8 Å². The molecule has 0 radical (unpaired) electrons. The van der Waals surface area contributed by atoms with Crippen LogP contribution >= 0.6 is 0 Å². The Balaban J connectivity index is 1.65. The van der Waals surface area contributed by atoms with Crippen LogP contribution in [0.5, 0.6) is 0 Å². The lowest BCUT2D eigenvalue weighted by atomic mass is 10.1. The summed E-state index contributed by atoms with van der Waals surface area (Å²) >= 11 is 0. The molecule has 6 heteroatoms. The molecule has 0 saturated carbocycles. The number of hydrogen-bond acceptors (Lipinski definition) is 4. The van der Waals surface area contributed by atoms with Crippen molar-refractivity contribution in [2.75, 3.05) is 10.6 Å². The Labute approximate surface area is 146 Å². The number of carbonyl (C=O) groups is 1. The summed E-state index contributed by atoms with van der Waals surface area (Å²) in [5.74, 6) is 1.15. The van der Waals surface area contributed by atoms with Crippen molar-refractivity contribution in [2.45, 2.75) is 27.2 Å². The van der Waals surface area contributed by atoms with Crippen LogP contribution < -0.4 is 10.6 Å². The topological polar surface area (TPSA) is 80.0 Å². The fraction of sp³-hybridized carbons (Fsp3) is 0.211. The van der Waals surface area contributed by atoms with E-state index in [1.807, 2.05) is 51.1 Å². The van der Waals surface area contributed by atoms with E-state index >= 15 is 0 Å². The van der Waals surface area contributed by atoms with E-state index < -0.39 is 0 Å². The van der Waals surface area contributed by atoms with Crippen molar-refractivity contribution in [2.24, 2.45) is 0 Å². The quantitative estimate of drug-likeness (QED) is 0.732. The van der Waals surface area contributed by atoms with Gasteiger partial charge in [-0.05, 0) is 49.7 Å². The summed E-state index contributed by atoms with van der Waals surface area (Å²) in [4.78, 5) is 16.4. The summed E-state index contributed by atoms with van der Waals surface area (Å²) in [6.45, 7) is 5.94. The van der Waals surface area contributed by atoms with Crippen LogP contribution in [-0.2, 0) is 6.42 Å². The Morgan fingerprint density at radius 1 is 1.08 bits per heavy atom. The van der Waals surface area contributed by atoms with E-state index in [1.165, 1.54) is 0 Å². The third kappa shape index (κ3) is 4.03. The maximum Gasteiger partial charge on any atom is 0.323 e. The first-order valence-electron chi connectivity index (χ1n) is 8.13. The number of carbonyl (C=O) groups excluding carboxylic acids is 1. The molecule has 1 aromatic heterocycles. The van der Waals surface area contributed by atoms with Crippen molar-refractivity contribution in [1.82, 2.24) is 10.1 Å². The molecule has 3 aromatic rings. The van der Waals surface area contributed by atoms with Crippen LogP contribution in [0.25, 0.3) is 11.4 Å². The van der Waals surface area contributed by atoms with Crippen LogP contribution in [-0.4, -0.2) is 16.2 Å². The minimum Gasteiger partial charge on any atom is -0.339 e. The number of nitrogens with zero attached hydrogens (tertiary/aromatic N) is 2. The number of benzene rings is 2. The van der Waals surface area contributed by atoms with E-state index in [9.17, 15) is 4.79 Å². The monoisotopic (exact) mass is 336 g/mol. The van der Waals surface area contributed by atoms with E-state index in [-0.39, 0.29) is 6.03 Å². The minimum absolute atomic E-state index is 0.285. The van der Waals surface area contributed by atoms with Crippen LogP contribution in [0.3, 0.4) is 0 Å². The van der Waals surface area contributed by atoms with Gasteiger partial charge in [0.25, 0.3) is 0 Å². The van der Waals surface area contributed by atoms with Gasteiger partial charge in [0, 0.05) is 23.4 Å². The van der Waals surface area contributed by atoms with Gasteiger partial charge in [-0.15, -0.1) is 0 Å². The number of nitrogens with one attached hydrogen (secondary N) is 2. The maximum atomic E-state index is 12.2. The average molecular weight is 336 g/mol. The summed E-state index contributed by atoms with van der Waals surface area (Å²) in [5.41, 5.74) is 4.49. The molecule has 0 atom stereocenters. The summed E-state index contributed by atoms with van der Waals surface area (Å²) in [7, 11) is 0. The van der Waals surface area contributed by atoms with Crippen LogP contribution in [0.15, 0.2) is 47.0 Å². The second-order valence-corrected chi connectivity index (χ2v) is 5.84. The molecular weight excluding hydrogens is 316 g/mol. The molecule has 0 fully saturated rings. The standard InChI is InChI=1S/C19H20N4O2/c1-4-17-22-18(23-25-17)14-6-8-15(9-7-14)20-19(24)21-16-10-5-12(2)11-13(16)3/h5-11H,4H2,1-3H3,(H2,20,21,24). The van der Waals surface area contributed by atoms with E-state index in [1.54, 1.807) is 12.1 Å². The van der Waals surface area contributed by atoms with Gasteiger partial charge in [0.05, 0.1) is 0 Å². The van der Waals surface area contributed by atoms with E-state index in [0.717, 1.165) is 22.4 Å². The van der Waals surface area contributed by atoms with Gasteiger partial charge in [-0.25, -0.2) is 4.79 Å². The van der Waals surface area contributed by atoms with Crippen LogP contribution in [0.2, 0.25) is 0 Å². The lowest BCUT2D eigenvalue weighted by Gasteiger charge is -2.10. The predicted octanol–water partition coefficient (Wildman–Crippen LogP) is 4.56. The van der Waals surface area contributed by atoms with Gasteiger partial charge in [0.2, 0.25) is 11.7 Å². The normalized spacial score (nSPS) is 10.5. The number of hydrogen-bond donors (Lipinski definition) is 2. The Morgan fingerprint density at radius 3 is 2.48 bits per heavy atom. The summed E-state index contributed by atoms with van der Waals surface area (Å²) in [6.07, 6.45) is 0.700. The van der Waals surface area contributed by atoms with Gasteiger partial charge in [0.1, 0.15) is 0 Å². The minimum atomic E-state index is -0.285. The molecule has 0 unspecified atom stereocenters. The summed E-state index contributed by atoms with van der Waals surface area (Å²) < 4.78 is 5.11. The highest BCUT2D eigenvalue weighted by Gasteiger charge is 2.08. The molecular formula is C19H20N4O2. The van der Waals surface area contributed by atoms with Crippen molar-refractivity contribution in [3.8, 4) is 11.4 Å². The zero-order chi connectivity index (χ0) is 17.8. The largest absolute Gasteiger partial charge is 0.339 e. The molecule has 2 aromatic carbocycles. The van der Waals surface area contributed by atoms with Gasteiger partial charge < -0.3 is 15.2 Å². The molecule has 2 amide bonds. The van der Waals surface area contributed by atoms with Crippen molar-refractivity contribution in [3.63, 3.8) is 0 Å². The highest BCUT2D eigenvalue weighted by atomic mass is 16.5. The highest BCUT2D eigenvalue weighted by Crippen LogP contribution is 2.20. The molecule has 0 saturated heterocycles. The van der Waals surface area contributed by atoms with Crippen LogP contribution in [0.4, 0.5) is 16.2 Å². The third-order valence-corrected chi connectivity index (χ3v) is 3.80. The molecule has 2 N–H and O–H groups in total. The molecule has 0 aliphatic heterocycles. The fourth-order valence-corrected chi connectivity index (χ4v) is 2.46. The first-order chi connectivity index (χ1) is 12.0. The van der Waals surface area contributed by atoms with E-state index in [4.69, 9.17) is 4.52 Å². The molecule has 3 rings (SSSR count).